The largest absolute Gasteiger partial charge is 0.466 e. The third-order valence-corrected chi connectivity index (χ3v) is 14.5. The molecular formula is C63H121NO5. The van der Waals surface area contributed by atoms with Crippen LogP contribution in [0.15, 0.2) is 24.3 Å². The van der Waals surface area contributed by atoms with Gasteiger partial charge >= 0.3 is 5.97 Å². The van der Waals surface area contributed by atoms with Crippen molar-refractivity contribution in [1.82, 2.24) is 5.32 Å². The molecule has 0 aliphatic rings. The van der Waals surface area contributed by atoms with Crippen molar-refractivity contribution in [3.63, 3.8) is 0 Å². The zero-order chi connectivity index (χ0) is 50.0. The Morgan fingerprint density at radius 3 is 1.06 bits per heavy atom. The molecule has 2 unspecified atom stereocenters. The summed E-state index contributed by atoms with van der Waals surface area (Å²) in [5.74, 6) is -0.0284. The van der Waals surface area contributed by atoms with Crippen LogP contribution in [0.5, 0.6) is 0 Å². The number of nitrogens with one attached hydrogen (secondary N) is 1. The van der Waals surface area contributed by atoms with Crippen molar-refractivity contribution >= 4 is 11.9 Å². The Morgan fingerprint density at radius 1 is 0.391 bits per heavy atom. The van der Waals surface area contributed by atoms with E-state index in [0.29, 0.717) is 25.9 Å². The van der Waals surface area contributed by atoms with Crippen LogP contribution in [0.4, 0.5) is 0 Å². The zero-order valence-corrected chi connectivity index (χ0v) is 46.6. The Morgan fingerprint density at radius 2 is 0.681 bits per heavy atom. The molecule has 2 atom stereocenters. The molecule has 0 aliphatic carbocycles. The summed E-state index contributed by atoms with van der Waals surface area (Å²) in [6, 6.07) is -0.540. The number of unbranched alkanes of at least 4 members (excludes halogenated alkanes) is 43. The molecule has 408 valence electrons. The monoisotopic (exact) mass is 972 g/mol. The van der Waals surface area contributed by atoms with Crippen molar-refractivity contribution < 1.29 is 24.5 Å². The number of rotatable bonds is 58. The fourth-order valence-electron chi connectivity index (χ4n) is 9.69. The number of hydrogen-bond donors (Lipinski definition) is 3. The average molecular weight is 973 g/mol. The molecule has 0 bridgehead atoms. The Bertz CT molecular complexity index is 1080. The van der Waals surface area contributed by atoms with E-state index >= 15 is 0 Å². The first kappa shape index (κ1) is 67.3. The first-order valence-corrected chi connectivity index (χ1v) is 31.1. The lowest BCUT2D eigenvalue weighted by Crippen LogP contribution is -2.45. The second-order valence-electron chi connectivity index (χ2n) is 21.4. The molecule has 1 amide bonds. The van der Waals surface area contributed by atoms with E-state index in [-0.39, 0.29) is 18.5 Å². The molecule has 0 rings (SSSR count). The molecule has 69 heavy (non-hydrogen) atoms. The molecule has 0 aromatic carbocycles. The van der Waals surface area contributed by atoms with E-state index in [4.69, 9.17) is 4.74 Å². The van der Waals surface area contributed by atoms with E-state index in [2.05, 4.69) is 43.5 Å². The van der Waals surface area contributed by atoms with E-state index in [1.165, 1.54) is 263 Å². The lowest BCUT2D eigenvalue weighted by Gasteiger charge is -2.22. The first-order valence-electron chi connectivity index (χ1n) is 31.1. The van der Waals surface area contributed by atoms with Gasteiger partial charge in [0, 0.05) is 12.8 Å². The number of ether oxygens (including phenoxy) is 1. The zero-order valence-electron chi connectivity index (χ0n) is 46.6. The molecule has 0 saturated carbocycles. The van der Waals surface area contributed by atoms with E-state index in [1.54, 1.807) is 0 Å². The quantitative estimate of drug-likeness (QED) is 0.0321. The predicted molar refractivity (Wildman–Crippen MR) is 301 cm³/mol. The van der Waals surface area contributed by atoms with Gasteiger partial charge in [-0.3, -0.25) is 9.59 Å². The summed E-state index contributed by atoms with van der Waals surface area (Å²) in [5.41, 5.74) is 0. The van der Waals surface area contributed by atoms with Gasteiger partial charge in [-0.15, -0.1) is 0 Å². The van der Waals surface area contributed by atoms with Crippen LogP contribution in [0, 0.1) is 0 Å². The van der Waals surface area contributed by atoms with Crippen LogP contribution < -0.4 is 5.32 Å². The molecule has 0 aromatic heterocycles. The van der Waals surface area contributed by atoms with Crippen molar-refractivity contribution in [3.05, 3.63) is 24.3 Å². The SMILES string of the molecule is CCCCC/C=C\CCCCCCCC(=O)OCCCCCCCCCCCCCC/C=C\CCCCCCCCCCCCCCC(=O)NC(CO)C(O)CCCCCCCCCCCCCC. The summed E-state index contributed by atoms with van der Waals surface area (Å²) in [5, 5.41) is 23.2. The minimum Gasteiger partial charge on any atom is -0.466 e. The molecule has 6 heteroatoms. The fraction of sp³-hybridized carbons (Fsp3) is 0.905. The third kappa shape index (κ3) is 55.5. The smallest absolute Gasteiger partial charge is 0.305 e. The molecule has 0 spiro atoms. The van der Waals surface area contributed by atoms with Gasteiger partial charge in [-0.25, -0.2) is 0 Å². The molecule has 3 N–H and O–H groups in total. The minimum atomic E-state index is -0.662. The highest BCUT2D eigenvalue weighted by molar-refractivity contribution is 5.76. The maximum Gasteiger partial charge on any atom is 0.305 e. The van der Waals surface area contributed by atoms with Gasteiger partial charge in [-0.2, -0.15) is 0 Å². The third-order valence-electron chi connectivity index (χ3n) is 14.5. The van der Waals surface area contributed by atoms with Crippen LogP contribution >= 0.6 is 0 Å². The highest BCUT2D eigenvalue weighted by Gasteiger charge is 2.20. The van der Waals surface area contributed by atoms with Gasteiger partial charge in [0.1, 0.15) is 0 Å². The van der Waals surface area contributed by atoms with Crippen LogP contribution in [0.3, 0.4) is 0 Å². The van der Waals surface area contributed by atoms with Crippen molar-refractivity contribution in [3.8, 4) is 0 Å². The number of aliphatic hydroxyl groups excluding tert-OH is 2. The van der Waals surface area contributed by atoms with Crippen LogP contribution in [0.1, 0.15) is 341 Å². The number of aliphatic hydroxyl groups is 2. The second kappa shape index (κ2) is 58.9. The van der Waals surface area contributed by atoms with Crippen LogP contribution in [-0.2, 0) is 14.3 Å². The van der Waals surface area contributed by atoms with Gasteiger partial charge < -0.3 is 20.3 Å². The number of esters is 1. The summed E-state index contributed by atoms with van der Waals surface area (Å²) in [6.07, 6.45) is 72.0. The first-order chi connectivity index (χ1) is 34.0. The standard InChI is InChI=1S/C63H121NO5/c1-3-5-7-9-11-13-15-35-39-43-47-51-55-61(66)60(59-65)64-62(67)56-52-48-44-40-36-33-31-29-27-25-23-21-19-17-18-20-22-24-26-28-30-32-34-38-42-46-50-54-58-69-63(68)57-53-49-45-41-37-16-14-12-10-8-6-4-2/h12,14,17-18,60-61,65-66H,3-11,13,15-16,19-59H2,1-2H3,(H,64,67)/b14-12-,18-17-. The molecule has 0 heterocycles. The number of carbonyl (C=O) groups excluding carboxylic acids is 2. The fourth-order valence-corrected chi connectivity index (χ4v) is 9.69. The number of amides is 1. The summed E-state index contributed by atoms with van der Waals surface area (Å²) in [4.78, 5) is 24.5. The topological polar surface area (TPSA) is 95.9 Å². The molecular weight excluding hydrogens is 851 g/mol. The Hall–Kier alpha value is -1.66. The summed E-state index contributed by atoms with van der Waals surface area (Å²) >= 11 is 0. The van der Waals surface area contributed by atoms with Gasteiger partial charge in [0.25, 0.3) is 0 Å². The molecule has 0 radical (unpaired) electrons. The van der Waals surface area contributed by atoms with Crippen molar-refractivity contribution in [2.24, 2.45) is 0 Å². The lowest BCUT2D eigenvalue weighted by atomic mass is 10.0. The number of allylic oxidation sites excluding steroid dienone is 4. The summed E-state index contributed by atoms with van der Waals surface area (Å²) in [7, 11) is 0. The van der Waals surface area contributed by atoms with E-state index in [9.17, 15) is 19.8 Å². The minimum absolute atomic E-state index is 0.00582. The summed E-state index contributed by atoms with van der Waals surface area (Å²) in [6.45, 7) is 4.94. The Kier molecular flexibility index (Phi) is 57.5. The normalized spacial score (nSPS) is 12.7. The second-order valence-corrected chi connectivity index (χ2v) is 21.4. The van der Waals surface area contributed by atoms with Crippen LogP contribution in [-0.4, -0.2) is 47.4 Å². The molecule has 0 fully saturated rings. The van der Waals surface area contributed by atoms with Gasteiger partial charge in [0.2, 0.25) is 5.91 Å². The number of hydrogen-bond acceptors (Lipinski definition) is 5. The molecule has 6 nitrogen and oxygen atoms in total. The Balaban J connectivity index is 3.36. The number of carbonyl (C=O) groups is 2. The Labute approximate surface area is 431 Å². The van der Waals surface area contributed by atoms with Gasteiger partial charge in [-0.1, -0.05) is 276 Å². The van der Waals surface area contributed by atoms with Gasteiger partial charge in [0.05, 0.1) is 25.4 Å². The van der Waals surface area contributed by atoms with Crippen LogP contribution in [0.2, 0.25) is 0 Å². The maximum atomic E-state index is 12.5. The van der Waals surface area contributed by atoms with E-state index in [1.807, 2.05) is 0 Å². The van der Waals surface area contributed by atoms with Gasteiger partial charge in [0.15, 0.2) is 0 Å². The molecule has 0 aliphatic heterocycles. The van der Waals surface area contributed by atoms with Crippen molar-refractivity contribution in [2.75, 3.05) is 13.2 Å². The molecule has 0 saturated heterocycles. The highest BCUT2D eigenvalue weighted by Crippen LogP contribution is 2.17. The maximum absolute atomic E-state index is 12.5. The van der Waals surface area contributed by atoms with E-state index < -0.39 is 12.1 Å². The average Bonchev–Trinajstić information content (AvgIpc) is 3.35. The van der Waals surface area contributed by atoms with Gasteiger partial charge in [-0.05, 0) is 77.0 Å². The van der Waals surface area contributed by atoms with Crippen molar-refractivity contribution in [2.45, 2.75) is 353 Å². The highest BCUT2D eigenvalue weighted by atomic mass is 16.5. The van der Waals surface area contributed by atoms with Crippen molar-refractivity contribution in [1.29, 1.82) is 0 Å². The van der Waals surface area contributed by atoms with Crippen LogP contribution in [0.25, 0.3) is 0 Å². The predicted octanol–water partition coefficient (Wildman–Crippen LogP) is 19.4. The van der Waals surface area contributed by atoms with E-state index in [0.717, 1.165) is 44.9 Å². The lowest BCUT2D eigenvalue weighted by molar-refractivity contribution is -0.143. The molecule has 0 aromatic rings. The summed E-state index contributed by atoms with van der Waals surface area (Å²) < 4.78 is 5.47.